The Morgan fingerprint density at radius 3 is 2.24 bits per heavy atom. The number of rotatable bonds is 3. The summed E-state index contributed by atoms with van der Waals surface area (Å²) < 4.78 is 6.53. The number of para-hydroxylation sites is 1. The van der Waals surface area contributed by atoms with Crippen LogP contribution in [0.2, 0.25) is 18.1 Å². The van der Waals surface area contributed by atoms with Crippen molar-refractivity contribution in [1.82, 2.24) is 0 Å². The van der Waals surface area contributed by atoms with Crippen molar-refractivity contribution >= 4 is 14.1 Å². The molecule has 1 aromatic rings. The lowest BCUT2D eigenvalue weighted by atomic mass is 9.83. The molecule has 1 fully saturated rings. The summed E-state index contributed by atoms with van der Waals surface area (Å²) in [7, 11) is -1.82. The smallest absolute Gasteiger partial charge is 0.250 e. The van der Waals surface area contributed by atoms with Gasteiger partial charge in [-0.2, -0.15) is 0 Å². The fourth-order valence-corrected chi connectivity index (χ4v) is 3.63. The van der Waals surface area contributed by atoms with E-state index in [1.165, 1.54) is 5.56 Å². The Bertz CT molecular complexity index is 504. The summed E-state index contributed by atoms with van der Waals surface area (Å²) in [6, 6.07) is 8.43. The summed E-state index contributed by atoms with van der Waals surface area (Å²) in [5, 5.41) is 0.197. The van der Waals surface area contributed by atoms with Gasteiger partial charge in [-0.1, -0.05) is 39.0 Å². The zero-order valence-corrected chi connectivity index (χ0v) is 15.0. The van der Waals surface area contributed by atoms with Crippen molar-refractivity contribution in [1.29, 1.82) is 0 Å². The van der Waals surface area contributed by atoms with Crippen LogP contribution in [-0.4, -0.2) is 14.1 Å². The highest BCUT2D eigenvalue weighted by molar-refractivity contribution is 6.74. The minimum atomic E-state index is -1.82. The Morgan fingerprint density at radius 1 is 1.10 bits per heavy atom. The molecule has 21 heavy (non-hydrogen) atoms. The average Bonchev–Trinajstić information content (AvgIpc) is 2.39. The first-order valence-corrected chi connectivity index (χ1v) is 10.9. The third-order valence-corrected chi connectivity index (χ3v) is 9.42. The maximum absolute atomic E-state index is 11.5. The van der Waals surface area contributed by atoms with E-state index in [1.54, 1.807) is 0 Å². The fourth-order valence-electron chi connectivity index (χ4n) is 2.59. The summed E-state index contributed by atoms with van der Waals surface area (Å²) >= 11 is 0. The zero-order valence-electron chi connectivity index (χ0n) is 14.0. The number of hydrogen-bond donors (Lipinski definition) is 0. The highest BCUT2D eigenvalue weighted by Crippen LogP contribution is 2.41. The molecule has 0 saturated heterocycles. The predicted octanol–water partition coefficient (Wildman–Crippen LogP) is 5.30. The number of hydrogen-bond acceptors (Lipinski definition) is 2. The molecule has 3 heteroatoms. The number of benzene rings is 1. The van der Waals surface area contributed by atoms with Crippen molar-refractivity contribution in [3.63, 3.8) is 0 Å². The van der Waals surface area contributed by atoms with Crippen LogP contribution in [0.15, 0.2) is 24.3 Å². The van der Waals surface area contributed by atoms with E-state index in [9.17, 15) is 4.79 Å². The molecule has 1 aromatic carbocycles. The molecule has 0 aliphatic heterocycles. The molecule has 0 amide bonds. The molecule has 1 aliphatic carbocycles. The van der Waals surface area contributed by atoms with Crippen LogP contribution < -0.4 is 4.43 Å². The first kappa shape index (κ1) is 16.3. The lowest BCUT2D eigenvalue weighted by molar-refractivity contribution is -0.120. The van der Waals surface area contributed by atoms with E-state index in [-0.39, 0.29) is 5.04 Å². The van der Waals surface area contributed by atoms with E-state index in [2.05, 4.69) is 58.1 Å². The van der Waals surface area contributed by atoms with Crippen molar-refractivity contribution < 1.29 is 9.22 Å². The highest BCUT2D eigenvalue weighted by atomic mass is 28.4. The van der Waals surface area contributed by atoms with Gasteiger partial charge in [-0.05, 0) is 48.5 Å². The molecule has 116 valence electrons. The molecule has 0 spiro atoms. The summed E-state index contributed by atoms with van der Waals surface area (Å²) in [4.78, 5) is 11.5. The predicted molar refractivity (Wildman–Crippen MR) is 90.5 cm³/mol. The molecule has 0 aromatic heterocycles. The first-order chi connectivity index (χ1) is 9.71. The van der Waals surface area contributed by atoms with Crippen LogP contribution >= 0.6 is 0 Å². The van der Waals surface area contributed by atoms with E-state index in [4.69, 9.17) is 4.43 Å². The van der Waals surface area contributed by atoms with Gasteiger partial charge in [0.25, 0.3) is 0 Å². The summed E-state index contributed by atoms with van der Waals surface area (Å²) in [6.07, 6.45) is 3.38. The quantitative estimate of drug-likeness (QED) is 0.708. The van der Waals surface area contributed by atoms with Gasteiger partial charge in [-0.25, -0.2) is 0 Å². The molecular formula is C18H28O2Si. The lowest BCUT2D eigenvalue weighted by Crippen LogP contribution is -2.44. The van der Waals surface area contributed by atoms with Crippen LogP contribution in [0.4, 0.5) is 0 Å². The van der Waals surface area contributed by atoms with Crippen LogP contribution in [0.5, 0.6) is 5.75 Å². The molecule has 0 unspecified atom stereocenters. The molecule has 2 nitrogen and oxygen atoms in total. The van der Waals surface area contributed by atoms with Crippen molar-refractivity contribution in [2.45, 2.75) is 70.5 Å². The van der Waals surface area contributed by atoms with Crippen molar-refractivity contribution in [3.8, 4) is 5.75 Å². The number of carbonyl (C=O) groups excluding carboxylic acids is 1. The van der Waals surface area contributed by atoms with Gasteiger partial charge in [0.15, 0.2) is 0 Å². The van der Waals surface area contributed by atoms with Crippen molar-refractivity contribution in [2.75, 3.05) is 0 Å². The molecule has 0 heterocycles. The van der Waals surface area contributed by atoms with E-state index >= 15 is 0 Å². The second-order valence-electron chi connectivity index (χ2n) is 7.71. The van der Waals surface area contributed by atoms with E-state index in [0.29, 0.717) is 11.7 Å². The third-order valence-electron chi connectivity index (χ3n) is 5.07. The molecule has 0 radical (unpaired) electrons. The number of Topliss-reactive ketones (excluding diaryl/α,β-unsaturated/α-hetero) is 1. The maximum Gasteiger partial charge on any atom is 0.250 e. The third kappa shape index (κ3) is 3.76. The van der Waals surface area contributed by atoms with Gasteiger partial charge in [0.05, 0.1) is 0 Å². The van der Waals surface area contributed by atoms with E-state index in [1.807, 2.05) is 0 Å². The topological polar surface area (TPSA) is 26.3 Å². The first-order valence-electron chi connectivity index (χ1n) is 8.00. The van der Waals surface area contributed by atoms with Crippen molar-refractivity contribution in [3.05, 3.63) is 29.8 Å². The van der Waals surface area contributed by atoms with Crippen LogP contribution in [0.25, 0.3) is 0 Å². The standard InChI is InChI=1S/C18H28O2Si/c1-18(2,3)21(4,5)20-17-9-7-6-8-16(17)14-10-12-15(19)13-11-14/h6-9,14H,10-13H2,1-5H3. The SMILES string of the molecule is CC(C)(C)[Si](C)(C)Oc1ccccc1C1CCC(=O)CC1. The number of carbonyl (C=O) groups is 1. The zero-order chi connectivity index (χ0) is 15.7. The van der Waals surface area contributed by atoms with Crippen LogP contribution in [-0.2, 0) is 4.79 Å². The van der Waals surface area contributed by atoms with Crippen molar-refractivity contribution in [2.24, 2.45) is 0 Å². The molecule has 2 rings (SSSR count). The van der Waals surface area contributed by atoms with E-state index < -0.39 is 8.32 Å². The maximum atomic E-state index is 11.5. The Morgan fingerprint density at radius 2 is 1.67 bits per heavy atom. The molecule has 0 atom stereocenters. The fraction of sp³-hybridized carbons (Fsp3) is 0.611. The monoisotopic (exact) mass is 304 g/mol. The van der Waals surface area contributed by atoms with E-state index in [0.717, 1.165) is 31.4 Å². The Balaban J connectivity index is 2.23. The molecule has 0 N–H and O–H groups in total. The normalized spacial score (nSPS) is 17.9. The minimum absolute atomic E-state index is 0.197. The van der Waals surface area contributed by atoms with Gasteiger partial charge >= 0.3 is 0 Å². The van der Waals surface area contributed by atoms with Gasteiger partial charge in [0, 0.05) is 12.8 Å². The van der Waals surface area contributed by atoms with Crippen LogP contribution in [0.3, 0.4) is 0 Å². The summed E-state index contributed by atoms with van der Waals surface area (Å²) in [5.41, 5.74) is 1.30. The van der Waals surface area contributed by atoms with Gasteiger partial charge in [-0.15, -0.1) is 0 Å². The van der Waals surface area contributed by atoms with Gasteiger partial charge in [0.2, 0.25) is 8.32 Å². The van der Waals surface area contributed by atoms with Gasteiger partial charge in [0.1, 0.15) is 11.5 Å². The van der Waals surface area contributed by atoms with Crippen LogP contribution in [0.1, 0.15) is 57.9 Å². The average molecular weight is 305 g/mol. The number of ketones is 1. The Kier molecular flexibility index (Phi) is 4.62. The lowest BCUT2D eigenvalue weighted by Gasteiger charge is -2.37. The molecule has 1 saturated carbocycles. The Hall–Kier alpha value is -1.09. The van der Waals surface area contributed by atoms with Gasteiger partial charge < -0.3 is 4.43 Å². The van der Waals surface area contributed by atoms with Gasteiger partial charge in [-0.3, -0.25) is 4.79 Å². The highest BCUT2D eigenvalue weighted by Gasteiger charge is 2.39. The second kappa shape index (κ2) is 5.96. The summed E-state index contributed by atoms with van der Waals surface area (Å²) in [6.45, 7) is 11.4. The molecular weight excluding hydrogens is 276 g/mol. The molecule has 0 bridgehead atoms. The Labute approximate surface area is 130 Å². The minimum Gasteiger partial charge on any atom is -0.543 e. The largest absolute Gasteiger partial charge is 0.543 e. The van der Waals surface area contributed by atoms with Crippen LogP contribution in [0, 0.1) is 0 Å². The second-order valence-corrected chi connectivity index (χ2v) is 12.4. The molecule has 1 aliphatic rings. The summed E-state index contributed by atoms with van der Waals surface area (Å²) in [5.74, 6) is 1.93.